The van der Waals surface area contributed by atoms with Gasteiger partial charge in [-0.05, 0) is 72.7 Å². The van der Waals surface area contributed by atoms with Crippen LogP contribution in [0.4, 0.5) is 0 Å². The van der Waals surface area contributed by atoms with Gasteiger partial charge >= 0.3 is 0 Å². The number of rotatable bonds is 16. The normalized spacial score (nSPS) is 17.6. The van der Waals surface area contributed by atoms with Gasteiger partial charge in [-0.3, -0.25) is 10.2 Å². The van der Waals surface area contributed by atoms with Crippen molar-refractivity contribution in [2.75, 3.05) is 19.8 Å². The molecule has 0 fully saturated rings. The van der Waals surface area contributed by atoms with E-state index in [9.17, 15) is 4.79 Å². The third-order valence-electron chi connectivity index (χ3n) is 7.27. The number of aliphatic imine (C=N–C) groups is 1. The van der Waals surface area contributed by atoms with E-state index in [0.29, 0.717) is 31.2 Å². The monoisotopic (exact) mass is 570 g/mol. The lowest BCUT2D eigenvalue weighted by atomic mass is 9.84. The number of aliphatic hydroxyl groups excluding tert-OH is 1. The van der Waals surface area contributed by atoms with Gasteiger partial charge < -0.3 is 14.6 Å². The van der Waals surface area contributed by atoms with Crippen molar-refractivity contribution in [2.45, 2.75) is 57.2 Å². The number of benzene rings is 3. The fourth-order valence-electron chi connectivity index (χ4n) is 4.86. The first-order valence-corrected chi connectivity index (χ1v) is 14.3. The molecule has 10 nitrogen and oxygen atoms in total. The van der Waals surface area contributed by atoms with Crippen molar-refractivity contribution in [3.8, 4) is 5.75 Å². The standard InChI is InChI=1S/C32H38N6O4/c1-24-32(22-27-13-5-6-14-28(27)23-35-38-33,31(40)37-34-19-8-7-12-25-10-3-2-4-11-25)36-30(42-24)26-15-17-29(18-16-26)41-21-9-20-39/h2-6,10-11,13-18,24,34,39H,7-9,12,19-23H2,1H3,(H,37,40)/t24-,32-/m0/s1. The molecule has 1 heterocycles. The zero-order valence-corrected chi connectivity index (χ0v) is 23.9. The highest BCUT2D eigenvalue weighted by molar-refractivity contribution is 6.00. The van der Waals surface area contributed by atoms with E-state index in [1.807, 2.05) is 73.7 Å². The predicted octanol–water partition coefficient (Wildman–Crippen LogP) is 5.05. The number of unbranched alkanes of at least 4 members (excludes halogenated alkanes) is 1. The molecule has 0 aliphatic carbocycles. The van der Waals surface area contributed by atoms with Gasteiger partial charge in [0.15, 0.2) is 5.54 Å². The van der Waals surface area contributed by atoms with Gasteiger partial charge in [0.05, 0.1) is 13.2 Å². The Hall–Kier alpha value is -4.37. The average molecular weight is 571 g/mol. The molecule has 3 aromatic carbocycles. The maximum Gasteiger partial charge on any atom is 0.266 e. The highest BCUT2D eigenvalue weighted by Gasteiger charge is 2.50. The molecule has 42 heavy (non-hydrogen) atoms. The van der Waals surface area contributed by atoms with E-state index in [4.69, 9.17) is 25.1 Å². The molecule has 1 amide bonds. The van der Waals surface area contributed by atoms with Crippen LogP contribution in [0.25, 0.3) is 10.4 Å². The van der Waals surface area contributed by atoms with Crippen LogP contribution in [0.1, 0.15) is 48.4 Å². The van der Waals surface area contributed by atoms with E-state index in [-0.39, 0.29) is 25.5 Å². The number of nitrogens with one attached hydrogen (secondary N) is 2. The average Bonchev–Trinajstić information content (AvgIpc) is 3.35. The van der Waals surface area contributed by atoms with Crippen LogP contribution in [0.3, 0.4) is 0 Å². The molecule has 0 unspecified atom stereocenters. The number of carbonyl (C=O) groups excluding carboxylic acids is 1. The van der Waals surface area contributed by atoms with Crippen molar-refractivity contribution in [1.82, 2.24) is 10.9 Å². The van der Waals surface area contributed by atoms with Crippen LogP contribution in [0.2, 0.25) is 0 Å². The third kappa shape index (κ3) is 8.10. The molecule has 220 valence electrons. The summed E-state index contributed by atoms with van der Waals surface area (Å²) in [6.45, 7) is 3.12. The van der Waals surface area contributed by atoms with Crippen molar-refractivity contribution in [3.63, 3.8) is 0 Å². The van der Waals surface area contributed by atoms with Crippen LogP contribution >= 0.6 is 0 Å². The number of aliphatic hydroxyl groups is 1. The van der Waals surface area contributed by atoms with Crippen LogP contribution < -0.4 is 15.6 Å². The summed E-state index contributed by atoms with van der Waals surface area (Å²) < 4.78 is 11.9. The van der Waals surface area contributed by atoms with Gasteiger partial charge in [0.25, 0.3) is 5.91 Å². The maximum atomic E-state index is 13.9. The molecule has 1 aliphatic heterocycles. The van der Waals surface area contributed by atoms with Crippen LogP contribution in [0.15, 0.2) is 89.0 Å². The number of carbonyl (C=O) groups is 1. The Balaban J connectivity index is 1.50. The topological polar surface area (TPSA) is 141 Å². The van der Waals surface area contributed by atoms with E-state index in [0.717, 1.165) is 36.0 Å². The van der Waals surface area contributed by atoms with E-state index in [2.05, 4.69) is 33.0 Å². The first-order valence-electron chi connectivity index (χ1n) is 14.3. The molecule has 0 saturated heterocycles. The lowest BCUT2D eigenvalue weighted by molar-refractivity contribution is -0.129. The Labute approximate surface area is 246 Å². The zero-order chi connectivity index (χ0) is 29.6. The van der Waals surface area contributed by atoms with Gasteiger partial charge in [-0.15, -0.1) is 0 Å². The van der Waals surface area contributed by atoms with Gasteiger partial charge in [-0.2, -0.15) is 0 Å². The highest BCUT2D eigenvalue weighted by Crippen LogP contribution is 2.33. The number of hydrazine groups is 1. The number of nitrogens with zero attached hydrogens (tertiary/aromatic N) is 4. The molecule has 0 spiro atoms. The summed E-state index contributed by atoms with van der Waals surface area (Å²) >= 11 is 0. The van der Waals surface area contributed by atoms with Crippen LogP contribution in [0, 0.1) is 0 Å². The molecule has 3 N–H and O–H groups in total. The molecule has 1 aliphatic rings. The van der Waals surface area contributed by atoms with Crippen molar-refractivity contribution in [1.29, 1.82) is 0 Å². The van der Waals surface area contributed by atoms with Gasteiger partial charge in [0.2, 0.25) is 5.90 Å². The Morgan fingerprint density at radius 2 is 1.79 bits per heavy atom. The second-order valence-electron chi connectivity index (χ2n) is 10.2. The summed E-state index contributed by atoms with van der Waals surface area (Å²) in [6, 6.07) is 25.2. The number of amides is 1. The summed E-state index contributed by atoms with van der Waals surface area (Å²) in [5.41, 5.74) is 17.3. The zero-order valence-electron chi connectivity index (χ0n) is 23.9. The fraction of sp³-hybridized carbons (Fsp3) is 0.375. The number of azide groups is 1. The molecule has 10 heteroatoms. The SMILES string of the molecule is C[C@@H]1OC(c2ccc(OCCCO)cc2)=N[C@]1(Cc1ccccc1CN=[N+]=[N-])C(=O)NNCCCCc1ccccc1. The summed E-state index contributed by atoms with van der Waals surface area (Å²) in [4.78, 5) is 21.7. The molecule has 2 atom stereocenters. The number of ether oxygens (including phenoxy) is 2. The molecular weight excluding hydrogens is 532 g/mol. The smallest absolute Gasteiger partial charge is 0.266 e. The van der Waals surface area contributed by atoms with Crippen LogP contribution in [-0.4, -0.2) is 48.3 Å². The van der Waals surface area contributed by atoms with Crippen molar-refractivity contribution >= 4 is 11.8 Å². The van der Waals surface area contributed by atoms with Gasteiger partial charge in [0, 0.05) is 36.5 Å². The Bertz CT molecular complexity index is 1380. The predicted molar refractivity (Wildman–Crippen MR) is 162 cm³/mol. The van der Waals surface area contributed by atoms with Gasteiger partial charge in [-0.1, -0.05) is 59.7 Å². The summed E-state index contributed by atoms with van der Waals surface area (Å²) in [5, 5.41) is 12.7. The Morgan fingerprint density at radius 1 is 1.05 bits per heavy atom. The lowest BCUT2D eigenvalue weighted by Gasteiger charge is -2.29. The largest absolute Gasteiger partial charge is 0.494 e. The summed E-state index contributed by atoms with van der Waals surface area (Å²) in [7, 11) is 0. The first-order chi connectivity index (χ1) is 20.6. The molecule has 4 rings (SSSR count). The van der Waals surface area contributed by atoms with E-state index < -0.39 is 11.6 Å². The van der Waals surface area contributed by atoms with Crippen molar-refractivity contribution in [2.24, 2.45) is 10.1 Å². The third-order valence-corrected chi connectivity index (χ3v) is 7.27. The number of hydrogen-bond acceptors (Lipinski definition) is 7. The van der Waals surface area contributed by atoms with E-state index in [1.54, 1.807) is 0 Å². The lowest BCUT2D eigenvalue weighted by Crippen LogP contribution is -2.56. The highest BCUT2D eigenvalue weighted by atomic mass is 16.5. The van der Waals surface area contributed by atoms with Crippen LogP contribution in [-0.2, 0) is 28.9 Å². The molecule has 3 aromatic rings. The Kier molecular flexibility index (Phi) is 11.3. The van der Waals surface area contributed by atoms with E-state index in [1.165, 1.54) is 5.56 Å². The second-order valence-corrected chi connectivity index (χ2v) is 10.2. The molecule has 0 radical (unpaired) electrons. The van der Waals surface area contributed by atoms with Gasteiger partial charge in [-0.25, -0.2) is 10.4 Å². The van der Waals surface area contributed by atoms with Crippen LogP contribution in [0.5, 0.6) is 5.75 Å². The minimum Gasteiger partial charge on any atom is -0.494 e. The summed E-state index contributed by atoms with van der Waals surface area (Å²) in [6.07, 6.45) is 3.11. The minimum atomic E-state index is -1.25. The molecule has 0 aromatic heterocycles. The summed E-state index contributed by atoms with van der Waals surface area (Å²) in [5.74, 6) is 0.747. The molecular formula is C32H38N6O4. The second kappa shape index (κ2) is 15.6. The number of aryl methyl sites for hydroxylation is 1. The fourth-order valence-corrected chi connectivity index (χ4v) is 4.86. The molecule has 0 saturated carbocycles. The minimum absolute atomic E-state index is 0.0687. The maximum absolute atomic E-state index is 13.9. The van der Waals surface area contributed by atoms with Gasteiger partial charge in [0.1, 0.15) is 11.9 Å². The number of hydrogen-bond donors (Lipinski definition) is 3. The quantitative estimate of drug-likeness (QED) is 0.0727. The molecule has 0 bridgehead atoms. The van der Waals surface area contributed by atoms with Crippen molar-refractivity contribution < 1.29 is 19.4 Å². The van der Waals surface area contributed by atoms with Crippen molar-refractivity contribution in [3.05, 3.63) is 112 Å². The first kappa shape index (κ1) is 30.6. The van der Waals surface area contributed by atoms with E-state index >= 15 is 0 Å². The Morgan fingerprint density at radius 3 is 2.52 bits per heavy atom.